The predicted octanol–water partition coefficient (Wildman–Crippen LogP) is 4.17. The van der Waals surface area contributed by atoms with Crippen LogP contribution in [-0.2, 0) is 4.79 Å². The molecule has 2 amide bonds. The Labute approximate surface area is 148 Å². The van der Waals surface area contributed by atoms with Gasteiger partial charge in [-0.2, -0.15) is 0 Å². The molecule has 0 fully saturated rings. The summed E-state index contributed by atoms with van der Waals surface area (Å²) in [5.41, 5.74) is 2.14. The molecule has 2 aromatic carbocycles. The summed E-state index contributed by atoms with van der Waals surface area (Å²) in [7, 11) is 0. The van der Waals surface area contributed by atoms with Crippen molar-refractivity contribution in [1.29, 1.82) is 0 Å². The number of benzene rings is 2. The Bertz CT molecular complexity index is 717. The Kier molecular flexibility index (Phi) is 6.19. The number of halogens is 2. The summed E-state index contributed by atoms with van der Waals surface area (Å²) >= 11 is 9.38. The Morgan fingerprint density at radius 2 is 1.83 bits per heavy atom. The molecule has 2 aromatic rings. The average molecular weight is 396 g/mol. The van der Waals surface area contributed by atoms with Crippen molar-refractivity contribution in [3.8, 4) is 0 Å². The van der Waals surface area contributed by atoms with Crippen LogP contribution in [0.15, 0.2) is 46.9 Å². The summed E-state index contributed by atoms with van der Waals surface area (Å²) in [6, 6.07) is 12.4. The minimum atomic E-state index is -0.210. The van der Waals surface area contributed by atoms with E-state index in [2.05, 4.69) is 26.6 Å². The maximum atomic E-state index is 11.9. The SMILES string of the molecule is Cc1ccc(NC(=O)CCNC(=O)c2ccc(Br)cc2)c(Cl)c1. The van der Waals surface area contributed by atoms with Crippen LogP contribution in [0.1, 0.15) is 22.3 Å². The average Bonchev–Trinajstić information content (AvgIpc) is 2.50. The van der Waals surface area contributed by atoms with Gasteiger partial charge in [-0.3, -0.25) is 9.59 Å². The van der Waals surface area contributed by atoms with Gasteiger partial charge < -0.3 is 10.6 Å². The molecule has 0 saturated heterocycles. The van der Waals surface area contributed by atoms with E-state index in [1.165, 1.54) is 0 Å². The van der Waals surface area contributed by atoms with Gasteiger partial charge in [-0.15, -0.1) is 0 Å². The van der Waals surface area contributed by atoms with Crippen molar-refractivity contribution in [2.45, 2.75) is 13.3 Å². The van der Waals surface area contributed by atoms with Gasteiger partial charge in [0, 0.05) is 23.0 Å². The molecule has 23 heavy (non-hydrogen) atoms. The summed E-state index contributed by atoms with van der Waals surface area (Å²) in [5.74, 6) is -0.412. The maximum Gasteiger partial charge on any atom is 0.251 e. The smallest absolute Gasteiger partial charge is 0.251 e. The molecule has 0 unspecified atom stereocenters. The van der Waals surface area contributed by atoms with E-state index in [0.29, 0.717) is 16.3 Å². The lowest BCUT2D eigenvalue weighted by Crippen LogP contribution is -2.27. The Balaban J connectivity index is 1.80. The van der Waals surface area contributed by atoms with Gasteiger partial charge in [0.25, 0.3) is 5.91 Å². The van der Waals surface area contributed by atoms with Crippen molar-refractivity contribution in [2.24, 2.45) is 0 Å². The number of rotatable bonds is 5. The van der Waals surface area contributed by atoms with Gasteiger partial charge in [-0.1, -0.05) is 33.6 Å². The molecule has 0 bridgehead atoms. The van der Waals surface area contributed by atoms with E-state index in [-0.39, 0.29) is 24.8 Å². The van der Waals surface area contributed by atoms with Crippen molar-refractivity contribution in [3.63, 3.8) is 0 Å². The van der Waals surface area contributed by atoms with Crippen molar-refractivity contribution >= 4 is 45.0 Å². The van der Waals surface area contributed by atoms with Gasteiger partial charge in [-0.05, 0) is 48.9 Å². The van der Waals surface area contributed by atoms with Crippen LogP contribution < -0.4 is 10.6 Å². The largest absolute Gasteiger partial charge is 0.352 e. The predicted molar refractivity (Wildman–Crippen MR) is 95.9 cm³/mol. The molecule has 0 aromatic heterocycles. The first-order valence-corrected chi connectivity index (χ1v) is 8.22. The lowest BCUT2D eigenvalue weighted by Gasteiger charge is -2.09. The highest BCUT2D eigenvalue weighted by Crippen LogP contribution is 2.22. The monoisotopic (exact) mass is 394 g/mol. The molecule has 0 aliphatic heterocycles. The van der Waals surface area contributed by atoms with E-state index in [1.54, 1.807) is 36.4 Å². The fourth-order valence-corrected chi connectivity index (χ4v) is 2.47. The summed E-state index contributed by atoms with van der Waals surface area (Å²) in [6.07, 6.45) is 0.173. The van der Waals surface area contributed by atoms with Crippen LogP contribution in [0, 0.1) is 6.92 Å². The molecule has 0 saturated carbocycles. The van der Waals surface area contributed by atoms with Crippen LogP contribution in [0.5, 0.6) is 0 Å². The third-order valence-electron chi connectivity index (χ3n) is 3.14. The van der Waals surface area contributed by atoms with Crippen LogP contribution in [-0.4, -0.2) is 18.4 Å². The lowest BCUT2D eigenvalue weighted by atomic mass is 10.2. The molecule has 0 spiro atoms. The summed E-state index contributed by atoms with van der Waals surface area (Å²) in [4.78, 5) is 23.8. The van der Waals surface area contributed by atoms with Gasteiger partial charge in [0.2, 0.25) is 5.91 Å². The van der Waals surface area contributed by atoms with Crippen LogP contribution in [0.2, 0.25) is 5.02 Å². The Hall–Kier alpha value is -1.85. The number of nitrogens with one attached hydrogen (secondary N) is 2. The van der Waals surface area contributed by atoms with Crippen molar-refractivity contribution in [2.75, 3.05) is 11.9 Å². The van der Waals surface area contributed by atoms with Gasteiger partial charge >= 0.3 is 0 Å². The summed E-state index contributed by atoms with van der Waals surface area (Å²) in [6.45, 7) is 2.18. The number of anilines is 1. The highest BCUT2D eigenvalue weighted by Gasteiger charge is 2.08. The molecule has 120 valence electrons. The first kappa shape index (κ1) is 17.5. The molecule has 0 radical (unpaired) electrons. The molecule has 6 heteroatoms. The number of aryl methyl sites for hydroxylation is 1. The topological polar surface area (TPSA) is 58.2 Å². The normalized spacial score (nSPS) is 10.2. The minimum absolute atomic E-state index is 0.173. The van der Waals surface area contributed by atoms with E-state index in [4.69, 9.17) is 11.6 Å². The zero-order chi connectivity index (χ0) is 16.8. The van der Waals surface area contributed by atoms with Gasteiger partial charge in [0.15, 0.2) is 0 Å². The summed E-state index contributed by atoms with van der Waals surface area (Å²) < 4.78 is 0.906. The highest BCUT2D eigenvalue weighted by molar-refractivity contribution is 9.10. The van der Waals surface area contributed by atoms with E-state index in [0.717, 1.165) is 10.0 Å². The van der Waals surface area contributed by atoms with E-state index >= 15 is 0 Å². The van der Waals surface area contributed by atoms with Crippen LogP contribution in [0.4, 0.5) is 5.69 Å². The van der Waals surface area contributed by atoms with Crippen molar-refractivity contribution < 1.29 is 9.59 Å². The van der Waals surface area contributed by atoms with Gasteiger partial charge in [-0.25, -0.2) is 0 Å². The van der Waals surface area contributed by atoms with Crippen LogP contribution >= 0.6 is 27.5 Å². The quantitative estimate of drug-likeness (QED) is 0.798. The maximum absolute atomic E-state index is 11.9. The third-order valence-corrected chi connectivity index (χ3v) is 3.98. The van der Waals surface area contributed by atoms with Crippen LogP contribution in [0.3, 0.4) is 0 Å². The molecule has 0 aliphatic carbocycles. The lowest BCUT2D eigenvalue weighted by molar-refractivity contribution is -0.116. The second kappa shape index (κ2) is 8.13. The molecule has 0 heterocycles. The zero-order valence-electron chi connectivity index (χ0n) is 12.5. The Morgan fingerprint density at radius 3 is 2.48 bits per heavy atom. The number of hydrogen-bond donors (Lipinski definition) is 2. The molecule has 4 nitrogen and oxygen atoms in total. The second-order valence-electron chi connectivity index (χ2n) is 5.04. The molecular formula is C17H16BrClN2O2. The molecule has 0 aliphatic rings. The molecule has 2 N–H and O–H groups in total. The fourth-order valence-electron chi connectivity index (χ4n) is 1.93. The number of carbonyl (C=O) groups is 2. The standard InChI is InChI=1S/C17H16BrClN2O2/c1-11-2-7-15(14(19)10-11)21-16(22)8-9-20-17(23)12-3-5-13(18)6-4-12/h2-7,10H,8-9H2,1H3,(H,20,23)(H,21,22). The molecule has 0 atom stereocenters. The first-order valence-electron chi connectivity index (χ1n) is 7.05. The second-order valence-corrected chi connectivity index (χ2v) is 6.37. The Morgan fingerprint density at radius 1 is 1.13 bits per heavy atom. The molecule has 2 rings (SSSR count). The number of amides is 2. The zero-order valence-corrected chi connectivity index (χ0v) is 14.9. The molecular weight excluding hydrogens is 380 g/mol. The minimum Gasteiger partial charge on any atom is -0.352 e. The fraction of sp³-hybridized carbons (Fsp3) is 0.176. The highest BCUT2D eigenvalue weighted by atomic mass is 79.9. The summed E-state index contributed by atoms with van der Waals surface area (Å²) in [5, 5.41) is 5.94. The number of carbonyl (C=O) groups excluding carboxylic acids is 2. The van der Waals surface area contributed by atoms with Gasteiger partial charge in [0.1, 0.15) is 0 Å². The van der Waals surface area contributed by atoms with Crippen LogP contribution in [0.25, 0.3) is 0 Å². The van der Waals surface area contributed by atoms with Gasteiger partial charge in [0.05, 0.1) is 10.7 Å². The van der Waals surface area contributed by atoms with Crippen molar-refractivity contribution in [1.82, 2.24) is 5.32 Å². The third kappa shape index (κ3) is 5.37. The number of hydrogen-bond acceptors (Lipinski definition) is 2. The first-order chi connectivity index (χ1) is 11.0. The van der Waals surface area contributed by atoms with E-state index < -0.39 is 0 Å². The van der Waals surface area contributed by atoms with E-state index in [1.807, 2.05) is 13.0 Å². The van der Waals surface area contributed by atoms with Crippen molar-refractivity contribution in [3.05, 3.63) is 63.1 Å². The van der Waals surface area contributed by atoms with E-state index in [9.17, 15) is 9.59 Å².